The van der Waals surface area contributed by atoms with Crippen LogP contribution < -0.4 is 0 Å². The van der Waals surface area contributed by atoms with Gasteiger partial charge in [-0.25, -0.2) is 0 Å². The lowest BCUT2D eigenvalue weighted by atomic mass is 9.95. The van der Waals surface area contributed by atoms with Crippen LogP contribution in [-0.2, 0) is 25.7 Å². The highest BCUT2D eigenvalue weighted by atomic mass is 14.3. The molecule has 0 aromatic heterocycles. The fraction of sp³-hybridized carbons (Fsp3) is 0.273. The summed E-state index contributed by atoms with van der Waals surface area (Å²) in [6.07, 6.45) is 4.32. The fourth-order valence-corrected chi connectivity index (χ4v) is 12.5. The molecule has 16 rings (SSSR count). The monoisotopic (exact) mass is 1160 g/mol. The molecular formula is C88H104. The van der Waals surface area contributed by atoms with Gasteiger partial charge in [0.15, 0.2) is 0 Å². The predicted molar refractivity (Wildman–Crippen MR) is 398 cm³/mol. The molecule has 0 aliphatic heterocycles. The van der Waals surface area contributed by atoms with Gasteiger partial charge < -0.3 is 0 Å². The van der Waals surface area contributed by atoms with Gasteiger partial charge in [0.2, 0.25) is 0 Å². The van der Waals surface area contributed by atoms with Crippen molar-refractivity contribution in [2.75, 3.05) is 0 Å². The summed E-state index contributed by atoms with van der Waals surface area (Å²) in [5.41, 5.74) is 28.6. The standard InChI is InChI=1S/4C18H14.8C2H6/c1-12-5-4-7-13-9-10-15-11-14-6-2-3-8-16(14)18(15)17(12)13;1-12-10-14-11-13-6-2-3-8-16(13)18(14)17-9-5-4-7-15(12)17;1-12-6-9-17-14(10-12)7-8-15-11-13-4-2-3-5-16(13)18(15)17;1-12-6-7-13-8-9-15-11-14-4-2-3-5-16(14)18(15)17(13)10-12;8*1-2/h4*2-10H,11H2,1H3;8*1-2H3. The van der Waals surface area contributed by atoms with Crippen LogP contribution in [0.3, 0.4) is 0 Å². The van der Waals surface area contributed by atoms with Crippen LogP contribution in [0.15, 0.2) is 218 Å². The van der Waals surface area contributed by atoms with E-state index >= 15 is 0 Å². The topological polar surface area (TPSA) is 0 Å². The van der Waals surface area contributed by atoms with Crippen LogP contribution in [0.4, 0.5) is 0 Å². The van der Waals surface area contributed by atoms with E-state index in [1.54, 1.807) is 0 Å². The Kier molecular flexibility index (Phi) is 28.4. The number of aryl methyl sites for hydroxylation is 4. The van der Waals surface area contributed by atoms with Gasteiger partial charge in [-0.3, -0.25) is 0 Å². The van der Waals surface area contributed by atoms with E-state index in [1.807, 2.05) is 111 Å². The van der Waals surface area contributed by atoms with Gasteiger partial charge >= 0.3 is 0 Å². The zero-order valence-electron chi connectivity index (χ0n) is 57.6. The molecule has 0 radical (unpaired) electrons. The average molecular weight is 1160 g/mol. The quantitative estimate of drug-likeness (QED) is 0.142. The van der Waals surface area contributed by atoms with E-state index in [9.17, 15) is 0 Å². The molecule has 0 saturated heterocycles. The predicted octanol–water partition coefficient (Wildman–Crippen LogP) is 27.1. The van der Waals surface area contributed by atoms with E-state index in [1.165, 1.54) is 154 Å². The van der Waals surface area contributed by atoms with Gasteiger partial charge in [-0.15, -0.1) is 0 Å². The fourth-order valence-electron chi connectivity index (χ4n) is 12.5. The molecule has 0 spiro atoms. The molecule has 0 nitrogen and oxygen atoms in total. The molecule has 0 heterocycles. The summed E-state index contributed by atoms with van der Waals surface area (Å²) in [4.78, 5) is 0. The first-order chi connectivity index (χ1) is 43.3. The van der Waals surface area contributed by atoms with E-state index in [4.69, 9.17) is 0 Å². The third kappa shape index (κ3) is 15.1. The first-order valence-corrected chi connectivity index (χ1v) is 33.7. The lowest BCUT2D eigenvalue weighted by Crippen LogP contribution is -1.86. The molecule has 0 saturated carbocycles. The number of fused-ring (bicyclic) bond motifs is 20. The second-order valence-electron chi connectivity index (χ2n) is 20.5. The van der Waals surface area contributed by atoms with Crippen molar-refractivity contribution in [2.45, 2.75) is 164 Å². The Morgan fingerprint density at radius 1 is 0.205 bits per heavy atom. The third-order valence-corrected chi connectivity index (χ3v) is 15.9. The molecule has 12 aromatic carbocycles. The summed E-state index contributed by atoms with van der Waals surface area (Å²) in [6.45, 7) is 40.7. The maximum Gasteiger partial charge on any atom is -0.00131 e. The van der Waals surface area contributed by atoms with Gasteiger partial charge in [0.1, 0.15) is 0 Å². The van der Waals surface area contributed by atoms with Gasteiger partial charge in [-0.2, -0.15) is 0 Å². The molecule has 12 aromatic rings. The Labute approximate surface area is 533 Å². The normalized spacial score (nSPS) is 10.8. The molecule has 4 aliphatic carbocycles. The smallest absolute Gasteiger partial charge is 0.00131 e. The van der Waals surface area contributed by atoms with E-state index in [0.29, 0.717) is 0 Å². The molecule has 0 N–H and O–H groups in total. The van der Waals surface area contributed by atoms with Crippen molar-refractivity contribution < 1.29 is 0 Å². The molecule has 456 valence electrons. The molecule has 0 amide bonds. The number of hydrogen-bond acceptors (Lipinski definition) is 0. The van der Waals surface area contributed by atoms with Gasteiger partial charge in [-0.05, 0) is 197 Å². The van der Waals surface area contributed by atoms with Crippen molar-refractivity contribution in [2.24, 2.45) is 0 Å². The Morgan fingerprint density at radius 3 is 1.08 bits per heavy atom. The summed E-state index contributed by atoms with van der Waals surface area (Å²) in [6, 6.07) is 79.9. The van der Waals surface area contributed by atoms with Crippen molar-refractivity contribution in [3.05, 3.63) is 285 Å². The molecule has 0 atom stereocenters. The van der Waals surface area contributed by atoms with E-state index < -0.39 is 0 Å². The summed E-state index contributed by atoms with van der Waals surface area (Å²) in [7, 11) is 0. The highest BCUT2D eigenvalue weighted by Gasteiger charge is 2.24. The molecule has 88 heavy (non-hydrogen) atoms. The van der Waals surface area contributed by atoms with Crippen molar-refractivity contribution >= 4 is 43.1 Å². The van der Waals surface area contributed by atoms with Crippen LogP contribution in [0.25, 0.3) is 87.6 Å². The van der Waals surface area contributed by atoms with Crippen LogP contribution in [0.1, 0.15) is 178 Å². The third-order valence-electron chi connectivity index (χ3n) is 15.9. The van der Waals surface area contributed by atoms with Crippen LogP contribution >= 0.6 is 0 Å². The molecule has 0 heteroatoms. The van der Waals surface area contributed by atoms with Gasteiger partial charge in [0.25, 0.3) is 0 Å². The largest absolute Gasteiger partial charge is 0.0683 e. The van der Waals surface area contributed by atoms with Crippen molar-refractivity contribution in [1.82, 2.24) is 0 Å². The van der Waals surface area contributed by atoms with Crippen LogP contribution in [-0.4, -0.2) is 0 Å². The average Bonchev–Trinajstić information content (AvgIpc) is 1.95. The first-order valence-electron chi connectivity index (χ1n) is 33.7. The Hall–Kier alpha value is -8.32. The number of rotatable bonds is 0. The SMILES string of the molecule is CC.CC.CC.CC.CC.CC.CC.CC.Cc1cc2c(c3ccccc13)-c1ccccc1C2.Cc1ccc2c3c(ccc2c1)Cc1ccccc1-3.Cc1ccc2ccc3c(c2c1)-c1ccccc1C3.Cc1cccc2ccc3c(c12)-c1ccccc1C3. The van der Waals surface area contributed by atoms with Gasteiger partial charge in [-0.1, -0.05) is 340 Å². The zero-order chi connectivity index (χ0) is 64.5. The Morgan fingerprint density at radius 2 is 0.568 bits per heavy atom. The number of hydrogen-bond donors (Lipinski definition) is 0. The van der Waals surface area contributed by atoms with Crippen LogP contribution in [0, 0.1) is 27.7 Å². The lowest BCUT2D eigenvalue weighted by Gasteiger charge is -2.09. The molecular weight excluding hydrogens is 1060 g/mol. The van der Waals surface area contributed by atoms with Crippen LogP contribution in [0.5, 0.6) is 0 Å². The lowest BCUT2D eigenvalue weighted by molar-refractivity contribution is 1.26. The number of benzene rings is 12. The van der Waals surface area contributed by atoms with Gasteiger partial charge in [0.05, 0.1) is 0 Å². The second kappa shape index (κ2) is 35.5. The minimum Gasteiger partial charge on any atom is -0.0683 e. The van der Waals surface area contributed by atoms with Crippen molar-refractivity contribution in [1.29, 1.82) is 0 Å². The Balaban J connectivity index is 0.000000198. The van der Waals surface area contributed by atoms with Crippen molar-refractivity contribution in [3.8, 4) is 44.5 Å². The van der Waals surface area contributed by atoms with Crippen LogP contribution in [0.2, 0.25) is 0 Å². The zero-order valence-corrected chi connectivity index (χ0v) is 57.6. The minimum atomic E-state index is 1.08. The maximum atomic E-state index is 2.36. The molecule has 4 aliphatic rings. The highest BCUT2D eigenvalue weighted by molar-refractivity contribution is 6.05. The first kappa shape index (κ1) is 70.4. The molecule has 0 bridgehead atoms. The summed E-state index contributed by atoms with van der Waals surface area (Å²) in [5.74, 6) is 0. The summed E-state index contributed by atoms with van der Waals surface area (Å²) >= 11 is 0. The van der Waals surface area contributed by atoms with E-state index in [-0.39, 0.29) is 0 Å². The van der Waals surface area contributed by atoms with Gasteiger partial charge in [0, 0.05) is 0 Å². The van der Waals surface area contributed by atoms with E-state index in [0.717, 1.165) is 25.7 Å². The van der Waals surface area contributed by atoms with Crippen molar-refractivity contribution in [3.63, 3.8) is 0 Å². The highest BCUT2D eigenvalue weighted by Crippen LogP contribution is 2.45. The summed E-state index contributed by atoms with van der Waals surface area (Å²) in [5, 5.41) is 11.1. The van der Waals surface area contributed by atoms with E-state index in [2.05, 4.69) is 246 Å². The maximum absolute atomic E-state index is 2.36. The second-order valence-corrected chi connectivity index (χ2v) is 20.5. The molecule has 0 unspecified atom stereocenters. The molecule has 0 fully saturated rings. The summed E-state index contributed by atoms with van der Waals surface area (Å²) < 4.78 is 0. The minimum absolute atomic E-state index is 1.08. The Bertz CT molecular complexity index is 4120.